The zero-order valence-corrected chi connectivity index (χ0v) is 10.7. The molecular weight excluding hydrogens is 216 g/mol. The van der Waals surface area contributed by atoms with Gasteiger partial charge in [0.25, 0.3) is 0 Å². The third kappa shape index (κ3) is 1.68. The second-order valence-corrected chi connectivity index (χ2v) is 5.23. The lowest BCUT2D eigenvalue weighted by Gasteiger charge is -2.22. The van der Waals surface area contributed by atoms with Gasteiger partial charge >= 0.3 is 0 Å². The van der Waals surface area contributed by atoms with E-state index in [4.69, 9.17) is 4.74 Å². The van der Waals surface area contributed by atoms with Crippen molar-refractivity contribution < 1.29 is 4.74 Å². The summed E-state index contributed by atoms with van der Waals surface area (Å²) in [7, 11) is 0. The zero-order valence-electron chi connectivity index (χ0n) is 10.7. The molecule has 5 heteroatoms. The normalized spacial score (nSPS) is 37.1. The minimum atomic E-state index is 0.239. The van der Waals surface area contributed by atoms with Gasteiger partial charge in [-0.3, -0.25) is 0 Å². The van der Waals surface area contributed by atoms with Crippen LogP contribution in [0.25, 0.3) is 0 Å². The van der Waals surface area contributed by atoms with Crippen LogP contribution in [0, 0.1) is 5.92 Å². The lowest BCUT2D eigenvalue weighted by atomic mass is 9.89. The highest BCUT2D eigenvalue weighted by Crippen LogP contribution is 2.39. The molecule has 4 unspecified atom stereocenters. The Morgan fingerprint density at radius 3 is 2.76 bits per heavy atom. The molecule has 1 aromatic rings. The lowest BCUT2D eigenvalue weighted by Crippen LogP contribution is -2.31. The first kappa shape index (κ1) is 11.2. The molecule has 1 saturated heterocycles. The summed E-state index contributed by atoms with van der Waals surface area (Å²) in [6.07, 6.45) is 0.549. The standard InChI is InChI=1S/C12H20N4O/c1-7-8(2)17-9(3)11(7)12-15-14-10-6-13-4-5-16(10)12/h7-9,11,13H,4-6H2,1-3H3. The predicted octanol–water partition coefficient (Wildman–Crippen LogP) is 0.908. The van der Waals surface area contributed by atoms with Crippen molar-refractivity contribution in [3.05, 3.63) is 11.6 Å². The maximum atomic E-state index is 5.90. The van der Waals surface area contributed by atoms with Crippen LogP contribution in [-0.2, 0) is 17.8 Å². The highest BCUT2D eigenvalue weighted by atomic mass is 16.5. The van der Waals surface area contributed by atoms with Crippen LogP contribution in [-0.4, -0.2) is 33.5 Å². The average Bonchev–Trinajstić information content (AvgIpc) is 2.82. The van der Waals surface area contributed by atoms with Gasteiger partial charge in [-0.1, -0.05) is 6.92 Å². The summed E-state index contributed by atoms with van der Waals surface area (Å²) in [5, 5.41) is 12.0. The quantitative estimate of drug-likeness (QED) is 0.787. The van der Waals surface area contributed by atoms with Crippen molar-refractivity contribution in [1.82, 2.24) is 20.1 Å². The molecule has 0 radical (unpaired) electrons. The molecule has 1 aromatic heterocycles. The van der Waals surface area contributed by atoms with Crippen LogP contribution in [0.1, 0.15) is 38.3 Å². The van der Waals surface area contributed by atoms with E-state index >= 15 is 0 Å². The van der Waals surface area contributed by atoms with Crippen LogP contribution in [0.4, 0.5) is 0 Å². The zero-order chi connectivity index (χ0) is 12.0. The van der Waals surface area contributed by atoms with Gasteiger partial charge in [0.05, 0.1) is 24.7 Å². The van der Waals surface area contributed by atoms with Crippen molar-refractivity contribution in [2.24, 2.45) is 5.92 Å². The van der Waals surface area contributed by atoms with E-state index in [0.29, 0.717) is 17.9 Å². The number of aromatic nitrogens is 3. The van der Waals surface area contributed by atoms with Gasteiger partial charge in [0.15, 0.2) is 0 Å². The van der Waals surface area contributed by atoms with E-state index in [2.05, 4.69) is 40.9 Å². The highest BCUT2D eigenvalue weighted by Gasteiger charge is 2.41. The van der Waals surface area contributed by atoms with Gasteiger partial charge in [-0.2, -0.15) is 0 Å². The third-order valence-electron chi connectivity index (χ3n) is 4.19. The molecule has 0 amide bonds. The topological polar surface area (TPSA) is 52.0 Å². The molecular formula is C12H20N4O. The fourth-order valence-corrected chi connectivity index (χ4v) is 3.07. The monoisotopic (exact) mass is 236 g/mol. The number of ether oxygens (including phenoxy) is 1. The first-order valence-electron chi connectivity index (χ1n) is 6.46. The molecule has 1 N–H and O–H groups in total. The number of hydrogen-bond acceptors (Lipinski definition) is 4. The minimum Gasteiger partial charge on any atom is -0.374 e. The summed E-state index contributed by atoms with van der Waals surface area (Å²) < 4.78 is 8.18. The van der Waals surface area contributed by atoms with Gasteiger partial charge in [-0.25, -0.2) is 0 Å². The van der Waals surface area contributed by atoms with Gasteiger partial charge < -0.3 is 14.6 Å². The molecule has 4 atom stereocenters. The Kier molecular flexibility index (Phi) is 2.67. The van der Waals surface area contributed by atoms with Crippen molar-refractivity contribution in [2.45, 2.75) is 52.0 Å². The molecule has 0 bridgehead atoms. The van der Waals surface area contributed by atoms with Crippen molar-refractivity contribution in [2.75, 3.05) is 6.54 Å². The molecule has 0 saturated carbocycles. The smallest absolute Gasteiger partial charge is 0.147 e. The molecule has 5 nitrogen and oxygen atoms in total. The second-order valence-electron chi connectivity index (χ2n) is 5.23. The Bertz CT molecular complexity index is 417. The van der Waals surface area contributed by atoms with Crippen LogP contribution in [0.3, 0.4) is 0 Å². The largest absolute Gasteiger partial charge is 0.374 e. The van der Waals surface area contributed by atoms with Crippen LogP contribution in [0.2, 0.25) is 0 Å². The fourth-order valence-electron chi connectivity index (χ4n) is 3.07. The van der Waals surface area contributed by atoms with Crippen LogP contribution in [0.5, 0.6) is 0 Å². The van der Waals surface area contributed by atoms with Crippen LogP contribution >= 0.6 is 0 Å². The molecule has 17 heavy (non-hydrogen) atoms. The van der Waals surface area contributed by atoms with Crippen LogP contribution in [0.15, 0.2) is 0 Å². The highest BCUT2D eigenvalue weighted by molar-refractivity contribution is 5.10. The number of hydrogen-bond donors (Lipinski definition) is 1. The van der Waals surface area contributed by atoms with Crippen LogP contribution < -0.4 is 5.32 Å². The summed E-state index contributed by atoms with van der Waals surface area (Å²) >= 11 is 0. The third-order valence-corrected chi connectivity index (χ3v) is 4.19. The minimum absolute atomic E-state index is 0.239. The summed E-state index contributed by atoms with van der Waals surface area (Å²) in [5.41, 5.74) is 0. The van der Waals surface area contributed by atoms with E-state index < -0.39 is 0 Å². The Labute approximate surface area is 102 Å². The fraction of sp³-hybridized carbons (Fsp3) is 0.833. The van der Waals surface area contributed by atoms with Gasteiger partial charge in [-0.15, -0.1) is 10.2 Å². The van der Waals surface area contributed by atoms with Crippen molar-refractivity contribution >= 4 is 0 Å². The Morgan fingerprint density at radius 1 is 1.24 bits per heavy atom. The molecule has 2 aliphatic heterocycles. The Morgan fingerprint density at radius 2 is 2.06 bits per heavy atom. The SMILES string of the molecule is CC1OC(C)C(c2nnc3n2CCNC3)C1C. The predicted molar refractivity (Wildman–Crippen MR) is 63.6 cm³/mol. The maximum Gasteiger partial charge on any atom is 0.147 e. The molecule has 94 valence electrons. The lowest BCUT2D eigenvalue weighted by molar-refractivity contribution is 0.0551. The molecule has 2 aliphatic rings. The Hall–Kier alpha value is -0.940. The van der Waals surface area contributed by atoms with E-state index in [0.717, 1.165) is 31.3 Å². The van der Waals surface area contributed by atoms with Gasteiger partial charge in [0.2, 0.25) is 0 Å². The first-order valence-corrected chi connectivity index (χ1v) is 6.46. The average molecular weight is 236 g/mol. The van der Waals surface area contributed by atoms with E-state index in [1.165, 1.54) is 0 Å². The molecule has 1 fully saturated rings. The van der Waals surface area contributed by atoms with E-state index in [1.54, 1.807) is 0 Å². The van der Waals surface area contributed by atoms with E-state index in [-0.39, 0.29) is 6.10 Å². The summed E-state index contributed by atoms with van der Waals surface area (Å²) in [4.78, 5) is 0. The summed E-state index contributed by atoms with van der Waals surface area (Å²) in [6, 6.07) is 0. The number of fused-ring (bicyclic) bond motifs is 1. The van der Waals surface area contributed by atoms with Gasteiger partial charge in [-0.05, 0) is 19.8 Å². The second kappa shape index (κ2) is 4.07. The molecule has 0 aliphatic carbocycles. The molecule has 3 heterocycles. The summed E-state index contributed by atoms with van der Waals surface area (Å²) in [5.74, 6) is 3.06. The molecule has 0 aromatic carbocycles. The molecule has 3 rings (SSSR count). The van der Waals surface area contributed by atoms with Gasteiger partial charge in [0.1, 0.15) is 11.6 Å². The van der Waals surface area contributed by atoms with Crippen molar-refractivity contribution in [3.8, 4) is 0 Å². The number of nitrogens with zero attached hydrogens (tertiary/aromatic N) is 3. The summed E-state index contributed by atoms with van der Waals surface area (Å²) in [6.45, 7) is 9.36. The van der Waals surface area contributed by atoms with Crippen molar-refractivity contribution in [3.63, 3.8) is 0 Å². The number of nitrogens with one attached hydrogen (secondary N) is 1. The molecule has 0 spiro atoms. The Balaban J connectivity index is 1.96. The van der Waals surface area contributed by atoms with Gasteiger partial charge in [0, 0.05) is 13.1 Å². The first-order chi connectivity index (χ1) is 8.18. The van der Waals surface area contributed by atoms with Crippen molar-refractivity contribution in [1.29, 1.82) is 0 Å². The van der Waals surface area contributed by atoms with E-state index in [9.17, 15) is 0 Å². The van der Waals surface area contributed by atoms with E-state index in [1.807, 2.05) is 0 Å². The maximum absolute atomic E-state index is 5.90. The number of rotatable bonds is 1.